The molecule has 0 spiro atoms. The summed E-state index contributed by atoms with van der Waals surface area (Å²) < 4.78 is 5.44. The Morgan fingerprint density at radius 2 is 2.04 bits per heavy atom. The van der Waals surface area contributed by atoms with Gasteiger partial charge in [-0.3, -0.25) is 10.1 Å². The summed E-state index contributed by atoms with van der Waals surface area (Å²) in [7, 11) is 3.43. The monoisotopic (exact) mass is 387 g/mol. The fourth-order valence-corrected chi connectivity index (χ4v) is 3.26. The molecule has 1 fully saturated rings. The highest BCUT2D eigenvalue weighted by Crippen LogP contribution is 2.44. The van der Waals surface area contributed by atoms with Crippen LogP contribution < -0.4 is 4.74 Å². The zero-order valence-corrected chi connectivity index (χ0v) is 15.0. The molecule has 1 N–H and O–H groups in total. The second-order valence-electron chi connectivity index (χ2n) is 5.75. The normalized spacial score (nSPS) is 16.5. The van der Waals surface area contributed by atoms with Crippen molar-refractivity contribution in [1.82, 2.24) is 9.80 Å². The van der Waals surface area contributed by atoms with Crippen molar-refractivity contribution in [3.05, 3.63) is 26.2 Å². The predicted octanol–water partition coefficient (Wildman–Crippen LogP) is 2.25. The molecular formula is C15H22BrN3O4. The van der Waals surface area contributed by atoms with E-state index in [0.29, 0.717) is 16.5 Å². The molecule has 0 bridgehead atoms. The Morgan fingerprint density at radius 3 is 2.61 bits per heavy atom. The number of aromatic hydroxyl groups is 1. The minimum atomic E-state index is -0.490. The number of hydrogen-bond acceptors (Lipinski definition) is 6. The summed E-state index contributed by atoms with van der Waals surface area (Å²) in [4.78, 5) is 15.5. The molecule has 1 aromatic carbocycles. The highest BCUT2D eigenvalue weighted by atomic mass is 79.9. The van der Waals surface area contributed by atoms with Crippen LogP contribution in [0.3, 0.4) is 0 Å². The molecule has 1 aromatic rings. The zero-order chi connectivity index (χ0) is 17.0. The lowest BCUT2D eigenvalue weighted by molar-refractivity contribution is -0.386. The molecule has 8 heteroatoms. The minimum absolute atomic E-state index is 0.0843. The minimum Gasteiger partial charge on any atom is -0.503 e. The SMILES string of the molecule is COc1c(O)c(Br)cc(CCCN2CCN(C)CC2)c1[N+](=O)[O-]. The Morgan fingerprint density at radius 1 is 1.39 bits per heavy atom. The van der Waals surface area contributed by atoms with Gasteiger partial charge in [0.2, 0.25) is 5.75 Å². The van der Waals surface area contributed by atoms with E-state index in [1.807, 2.05) is 0 Å². The zero-order valence-electron chi connectivity index (χ0n) is 13.4. The number of nitrogens with zero attached hydrogens (tertiary/aromatic N) is 3. The third-order valence-corrected chi connectivity index (χ3v) is 4.77. The van der Waals surface area contributed by atoms with Crippen molar-refractivity contribution in [3.63, 3.8) is 0 Å². The van der Waals surface area contributed by atoms with Gasteiger partial charge < -0.3 is 19.6 Å². The number of piperazine rings is 1. The summed E-state index contributed by atoms with van der Waals surface area (Å²) in [6, 6.07) is 1.61. The van der Waals surface area contributed by atoms with E-state index >= 15 is 0 Å². The molecular weight excluding hydrogens is 366 g/mol. The summed E-state index contributed by atoms with van der Waals surface area (Å²) in [5, 5.41) is 21.3. The molecule has 0 amide bonds. The maximum absolute atomic E-state index is 11.3. The molecule has 0 radical (unpaired) electrons. The van der Waals surface area contributed by atoms with Crippen LogP contribution in [0.1, 0.15) is 12.0 Å². The van der Waals surface area contributed by atoms with Gasteiger partial charge >= 0.3 is 5.69 Å². The molecule has 0 atom stereocenters. The van der Waals surface area contributed by atoms with Crippen molar-refractivity contribution in [2.75, 3.05) is 46.9 Å². The van der Waals surface area contributed by atoms with Crippen molar-refractivity contribution in [2.45, 2.75) is 12.8 Å². The molecule has 1 aliphatic heterocycles. The number of benzene rings is 1. The van der Waals surface area contributed by atoms with Crippen molar-refractivity contribution in [1.29, 1.82) is 0 Å². The van der Waals surface area contributed by atoms with Gasteiger partial charge in [0.15, 0.2) is 5.75 Å². The smallest absolute Gasteiger partial charge is 0.318 e. The maximum Gasteiger partial charge on any atom is 0.318 e. The van der Waals surface area contributed by atoms with E-state index < -0.39 is 4.92 Å². The number of nitro benzene ring substituents is 1. The first-order valence-corrected chi connectivity index (χ1v) is 8.37. The molecule has 0 aromatic heterocycles. The molecule has 128 valence electrons. The third-order valence-electron chi connectivity index (χ3n) is 4.16. The van der Waals surface area contributed by atoms with Gasteiger partial charge in [0.1, 0.15) is 0 Å². The van der Waals surface area contributed by atoms with Crippen molar-refractivity contribution in [2.24, 2.45) is 0 Å². The predicted molar refractivity (Wildman–Crippen MR) is 91.3 cm³/mol. The largest absolute Gasteiger partial charge is 0.503 e. The lowest BCUT2D eigenvalue weighted by Gasteiger charge is -2.32. The van der Waals surface area contributed by atoms with Gasteiger partial charge in [-0.25, -0.2) is 0 Å². The van der Waals surface area contributed by atoms with E-state index in [9.17, 15) is 15.2 Å². The van der Waals surface area contributed by atoms with E-state index in [1.54, 1.807) is 6.07 Å². The second kappa shape index (κ2) is 7.94. The lowest BCUT2D eigenvalue weighted by atomic mass is 10.1. The van der Waals surface area contributed by atoms with Crippen molar-refractivity contribution in [3.8, 4) is 11.5 Å². The maximum atomic E-state index is 11.3. The van der Waals surface area contributed by atoms with Crippen molar-refractivity contribution >= 4 is 21.6 Å². The Labute approximate surface area is 144 Å². The van der Waals surface area contributed by atoms with Crippen LogP contribution in [0.2, 0.25) is 0 Å². The van der Waals surface area contributed by atoms with Gasteiger partial charge in [-0.2, -0.15) is 0 Å². The number of nitro groups is 1. The second-order valence-corrected chi connectivity index (χ2v) is 6.61. The van der Waals surface area contributed by atoms with E-state index in [2.05, 4.69) is 32.8 Å². The highest BCUT2D eigenvalue weighted by molar-refractivity contribution is 9.10. The average Bonchev–Trinajstić information content (AvgIpc) is 2.51. The first-order chi connectivity index (χ1) is 10.9. The van der Waals surface area contributed by atoms with Crippen molar-refractivity contribution < 1.29 is 14.8 Å². The van der Waals surface area contributed by atoms with Crippen LogP contribution >= 0.6 is 15.9 Å². The summed E-state index contributed by atoms with van der Waals surface area (Å²) >= 11 is 3.23. The summed E-state index contributed by atoms with van der Waals surface area (Å²) in [5.74, 6) is -0.319. The topological polar surface area (TPSA) is 79.1 Å². The fraction of sp³-hybridized carbons (Fsp3) is 0.600. The Bertz CT molecular complexity index is 574. The molecule has 2 rings (SSSR count). The fourth-order valence-electron chi connectivity index (χ4n) is 2.80. The van der Waals surface area contributed by atoms with Crippen LogP contribution in [0.25, 0.3) is 0 Å². The molecule has 1 saturated heterocycles. The number of aryl methyl sites for hydroxylation is 1. The standard InChI is InChI=1S/C15H22BrN3O4/c1-17-6-8-18(9-7-17)5-3-4-11-10-12(16)14(20)15(23-2)13(11)19(21)22/h10,20H,3-9H2,1-2H3. The van der Waals surface area contributed by atoms with Crippen LogP contribution in [0.15, 0.2) is 10.5 Å². The summed E-state index contributed by atoms with van der Waals surface area (Å²) in [6.45, 7) is 5.08. The Kier molecular flexibility index (Phi) is 6.20. The van der Waals surface area contributed by atoms with E-state index in [0.717, 1.165) is 39.1 Å². The molecule has 0 aliphatic carbocycles. The lowest BCUT2D eigenvalue weighted by Crippen LogP contribution is -2.44. The van der Waals surface area contributed by atoms with Crippen LogP contribution in [-0.2, 0) is 6.42 Å². The number of ether oxygens (including phenoxy) is 1. The van der Waals surface area contributed by atoms with Crippen LogP contribution in [-0.4, -0.2) is 66.7 Å². The van der Waals surface area contributed by atoms with Gasteiger partial charge in [0.25, 0.3) is 0 Å². The van der Waals surface area contributed by atoms with E-state index in [-0.39, 0.29) is 17.2 Å². The average molecular weight is 388 g/mol. The molecule has 1 heterocycles. The van der Waals surface area contributed by atoms with Gasteiger partial charge in [-0.1, -0.05) is 0 Å². The van der Waals surface area contributed by atoms with Gasteiger partial charge in [-0.05, 0) is 48.4 Å². The first kappa shape index (κ1) is 18.0. The summed E-state index contributed by atoms with van der Waals surface area (Å²) in [5.41, 5.74) is 0.428. The van der Waals surface area contributed by atoms with Gasteiger partial charge in [-0.15, -0.1) is 0 Å². The van der Waals surface area contributed by atoms with Gasteiger partial charge in [0.05, 0.1) is 16.5 Å². The van der Waals surface area contributed by atoms with Crippen LogP contribution in [0, 0.1) is 10.1 Å². The number of methoxy groups -OCH3 is 1. The van der Waals surface area contributed by atoms with E-state index in [4.69, 9.17) is 4.74 Å². The number of likely N-dealkylation sites (N-methyl/N-ethyl adjacent to an activating group) is 1. The highest BCUT2D eigenvalue weighted by Gasteiger charge is 2.26. The third kappa shape index (κ3) is 4.33. The Hall–Kier alpha value is -1.38. The Balaban J connectivity index is 2.07. The molecule has 0 saturated carbocycles. The van der Waals surface area contributed by atoms with Crippen LogP contribution in [0.4, 0.5) is 5.69 Å². The molecule has 1 aliphatic rings. The summed E-state index contributed by atoms with van der Waals surface area (Å²) in [6.07, 6.45) is 1.39. The molecule has 0 unspecified atom stereocenters. The van der Waals surface area contributed by atoms with E-state index in [1.165, 1.54) is 7.11 Å². The molecule has 7 nitrogen and oxygen atoms in total. The van der Waals surface area contributed by atoms with Crippen LogP contribution in [0.5, 0.6) is 11.5 Å². The number of hydrogen-bond donors (Lipinski definition) is 1. The number of phenolic OH excluding ortho intramolecular Hbond substituents is 1. The number of phenols is 1. The first-order valence-electron chi connectivity index (χ1n) is 7.57. The quantitative estimate of drug-likeness (QED) is 0.595. The van der Waals surface area contributed by atoms with Gasteiger partial charge in [0, 0.05) is 31.7 Å². The number of halogens is 1. The number of rotatable bonds is 6. The molecule has 23 heavy (non-hydrogen) atoms.